The van der Waals surface area contributed by atoms with E-state index in [9.17, 15) is 31.1 Å². The maximum atomic E-state index is 12.3. The largest absolute Gasteiger partial charge is 0.450 e. The second-order valence-corrected chi connectivity index (χ2v) is 4.77. The van der Waals surface area contributed by atoms with Gasteiger partial charge in [0.1, 0.15) is 0 Å². The number of aliphatic hydroxyl groups is 1. The van der Waals surface area contributed by atoms with E-state index in [-0.39, 0.29) is 0 Å². The van der Waals surface area contributed by atoms with Crippen LogP contribution in [0.5, 0.6) is 0 Å². The number of alkyl halides is 6. The fourth-order valence-corrected chi connectivity index (χ4v) is 0.978. The number of rotatable bonds is 7. The lowest BCUT2D eigenvalue weighted by molar-refractivity contribution is -0.257. The van der Waals surface area contributed by atoms with Gasteiger partial charge in [-0.25, -0.2) is 4.79 Å². The normalized spacial score (nSPS) is 16.8. The molecule has 0 fully saturated rings. The molecule has 2 unspecified atom stereocenters. The third-order valence-corrected chi connectivity index (χ3v) is 2.65. The molecule has 0 saturated carbocycles. The predicted octanol–water partition coefficient (Wildman–Crippen LogP) is 2.76. The third-order valence-electron chi connectivity index (χ3n) is 2.65. The van der Waals surface area contributed by atoms with Crippen LogP contribution in [-0.2, 0) is 14.3 Å². The van der Waals surface area contributed by atoms with E-state index in [4.69, 9.17) is 5.11 Å². The quantitative estimate of drug-likeness (QED) is 0.336. The highest BCUT2D eigenvalue weighted by Crippen LogP contribution is 2.32. The van der Waals surface area contributed by atoms with Crippen molar-refractivity contribution in [2.45, 2.75) is 44.3 Å². The molecule has 0 rings (SSSR count). The van der Waals surface area contributed by atoms with Gasteiger partial charge in [0.2, 0.25) is 0 Å². The highest BCUT2D eigenvalue weighted by Gasteiger charge is 2.49. The van der Waals surface area contributed by atoms with E-state index in [0.717, 1.165) is 0 Å². The van der Waals surface area contributed by atoms with E-state index in [1.54, 1.807) is 0 Å². The van der Waals surface area contributed by atoms with Crippen LogP contribution in [0.25, 0.3) is 0 Å². The van der Waals surface area contributed by atoms with Crippen molar-refractivity contribution in [1.82, 2.24) is 0 Å². The van der Waals surface area contributed by atoms with Crippen molar-refractivity contribution in [3.05, 3.63) is 12.2 Å². The molecule has 10 heteroatoms. The summed E-state index contributed by atoms with van der Waals surface area (Å²) in [5, 5.41) is 9.09. The Morgan fingerprint density at radius 3 is 2.14 bits per heavy atom. The molecule has 0 amide bonds. The van der Waals surface area contributed by atoms with Gasteiger partial charge in [0.15, 0.2) is 11.7 Å². The minimum Gasteiger partial charge on any atom is -0.450 e. The maximum absolute atomic E-state index is 12.3. The molecular formula is C12H16F6O4. The van der Waals surface area contributed by atoms with Crippen LogP contribution in [0.1, 0.15) is 20.3 Å². The van der Waals surface area contributed by atoms with Crippen molar-refractivity contribution in [3.8, 4) is 0 Å². The zero-order valence-electron chi connectivity index (χ0n) is 11.8. The summed E-state index contributed by atoms with van der Waals surface area (Å²) in [6.45, 7) is 3.10. The predicted molar refractivity (Wildman–Crippen MR) is 62.9 cm³/mol. The lowest BCUT2D eigenvalue weighted by Crippen LogP contribution is -2.43. The number of esters is 1. The van der Waals surface area contributed by atoms with Gasteiger partial charge in [0.25, 0.3) is 0 Å². The van der Waals surface area contributed by atoms with E-state index < -0.39 is 55.2 Å². The summed E-state index contributed by atoms with van der Waals surface area (Å²) in [4.78, 5) is 11.2. The molecule has 0 aromatic carbocycles. The van der Waals surface area contributed by atoms with Gasteiger partial charge in [-0.1, -0.05) is 6.58 Å². The Morgan fingerprint density at radius 2 is 1.73 bits per heavy atom. The molecule has 0 heterocycles. The lowest BCUT2D eigenvalue weighted by atomic mass is 10.0. The molecule has 0 aromatic rings. The molecule has 0 bridgehead atoms. The first-order valence-electron chi connectivity index (χ1n) is 6.01. The summed E-state index contributed by atoms with van der Waals surface area (Å²) < 4.78 is 82.1. The van der Waals surface area contributed by atoms with E-state index in [1.165, 1.54) is 0 Å². The first kappa shape index (κ1) is 20.7. The van der Waals surface area contributed by atoms with Gasteiger partial charge in [0, 0.05) is 6.42 Å². The van der Waals surface area contributed by atoms with Crippen molar-refractivity contribution in [1.29, 1.82) is 0 Å². The van der Waals surface area contributed by atoms with Crippen LogP contribution in [-0.4, -0.2) is 48.3 Å². The van der Waals surface area contributed by atoms with E-state index >= 15 is 0 Å². The van der Waals surface area contributed by atoms with Crippen molar-refractivity contribution in [2.24, 2.45) is 0 Å². The number of halogens is 6. The summed E-state index contributed by atoms with van der Waals surface area (Å²) in [6.07, 6.45) is -12.7. The molecule has 0 spiro atoms. The van der Waals surface area contributed by atoms with Crippen LogP contribution >= 0.6 is 0 Å². The molecule has 0 aliphatic heterocycles. The number of hydrogen-bond donors (Lipinski definition) is 1. The highest BCUT2D eigenvalue weighted by molar-refractivity contribution is 5.88. The van der Waals surface area contributed by atoms with E-state index in [1.807, 2.05) is 0 Å². The van der Waals surface area contributed by atoms with Crippen LogP contribution in [0.3, 0.4) is 0 Å². The van der Waals surface area contributed by atoms with Crippen molar-refractivity contribution in [2.75, 3.05) is 13.2 Å². The summed E-state index contributed by atoms with van der Waals surface area (Å²) in [6, 6.07) is 0. The Kier molecular flexibility index (Phi) is 6.89. The molecule has 1 N–H and O–H groups in total. The van der Waals surface area contributed by atoms with Gasteiger partial charge < -0.3 is 14.6 Å². The first-order valence-corrected chi connectivity index (χ1v) is 6.01. The average Bonchev–Trinajstić information content (AvgIpc) is 2.31. The molecule has 0 aromatic heterocycles. The number of hydrogen-bond acceptors (Lipinski definition) is 4. The van der Waals surface area contributed by atoms with Crippen molar-refractivity contribution >= 4 is 5.97 Å². The van der Waals surface area contributed by atoms with Gasteiger partial charge in [-0.2, -0.15) is 26.3 Å². The van der Waals surface area contributed by atoms with Crippen molar-refractivity contribution < 1.29 is 45.7 Å². The van der Waals surface area contributed by atoms with Gasteiger partial charge >= 0.3 is 18.3 Å². The Balaban J connectivity index is 4.18. The molecule has 2 atom stereocenters. The Labute approximate surface area is 122 Å². The Hall–Kier alpha value is -1.29. The van der Waals surface area contributed by atoms with E-state index in [2.05, 4.69) is 16.1 Å². The molecule has 130 valence electrons. The zero-order chi connectivity index (χ0) is 17.8. The van der Waals surface area contributed by atoms with Crippen LogP contribution in [0, 0.1) is 0 Å². The highest BCUT2D eigenvalue weighted by atomic mass is 19.4. The lowest BCUT2D eigenvalue weighted by Gasteiger charge is -2.26. The van der Waals surface area contributed by atoms with Gasteiger partial charge in [-0.15, -0.1) is 0 Å². The molecule has 4 nitrogen and oxygen atoms in total. The molecule has 0 saturated heterocycles. The summed E-state index contributed by atoms with van der Waals surface area (Å²) in [7, 11) is 0. The summed E-state index contributed by atoms with van der Waals surface area (Å²) in [5.74, 6) is -1.37. The fourth-order valence-electron chi connectivity index (χ4n) is 0.978. The minimum absolute atomic E-state index is 0.484. The molecule has 0 aliphatic carbocycles. The third kappa shape index (κ3) is 6.65. The van der Waals surface area contributed by atoms with Crippen LogP contribution < -0.4 is 0 Å². The SMILES string of the molecule is C=C(COCCC(C)(O)C(F)(F)F)C(=O)OC(C)C(F)(F)F. The fraction of sp³-hybridized carbons (Fsp3) is 0.750. The monoisotopic (exact) mass is 338 g/mol. The van der Waals surface area contributed by atoms with Gasteiger partial charge in [-0.3, -0.25) is 0 Å². The van der Waals surface area contributed by atoms with Crippen LogP contribution in [0.15, 0.2) is 12.2 Å². The molecular weight excluding hydrogens is 322 g/mol. The van der Waals surface area contributed by atoms with Crippen molar-refractivity contribution in [3.63, 3.8) is 0 Å². The average molecular weight is 338 g/mol. The standard InChI is InChI=1S/C12H16F6O4/c1-7(9(19)22-8(2)11(13,14)15)6-21-5-4-10(3,20)12(16,17)18/h8,20H,1,4-6H2,2-3H3. The second kappa shape index (κ2) is 7.32. The zero-order valence-corrected chi connectivity index (χ0v) is 11.8. The van der Waals surface area contributed by atoms with E-state index in [0.29, 0.717) is 13.8 Å². The summed E-state index contributed by atoms with van der Waals surface area (Å²) in [5.41, 5.74) is -3.46. The van der Waals surface area contributed by atoms with Gasteiger partial charge in [-0.05, 0) is 13.8 Å². The topological polar surface area (TPSA) is 55.8 Å². The molecule has 22 heavy (non-hydrogen) atoms. The number of carbonyl (C=O) groups excluding carboxylic acids is 1. The maximum Gasteiger partial charge on any atom is 0.425 e. The molecule has 0 radical (unpaired) electrons. The van der Waals surface area contributed by atoms with Gasteiger partial charge in [0.05, 0.1) is 18.8 Å². The summed E-state index contributed by atoms with van der Waals surface area (Å²) >= 11 is 0. The Morgan fingerprint density at radius 1 is 1.23 bits per heavy atom. The second-order valence-electron chi connectivity index (χ2n) is 4.77. The smallest absolute Gasteiger partial charge is 0.425 e. The number of ether oxygens (including phenoxy) is 2. The molecule has 0 aliphatic rings. The van der Waals surface area contributed by atoms with Crippen LogP contribution in [0.4, 0.5) is 26.3 Å². The Bertz CT molecular complexity index is 399. The minimum atomic E-state index is -4.85. The number of carbonyl (C=O) groups is 1. The first-order chi connectivity index (χ1) is 9.68. The van der Waals surface area contributed by atoms with Crippen LogP contribution in [0.2, 0.25) is 0 Å².